The number of phenols is 1. The molecule has 1 aliphatic heterocycles. The average molecular weight is 435 g/mol. The van der Waals surface area contributed by atoms with Gasteiger partial charge in [-0.2, -0.15) is 0 Å². The van der Waals surface area contributed by atoms with Gasteiger partial charge in [0.15, 0.2) is 0 Å². The van der Waals surface area contributed by atoms with Gasteiger partial charge in [0.05, 0.1) is 28.5 Å². The predicted octanol–water partition coefficient (Wildman–Crippen LogP) is 4.65. The number of phenolic OH excluding ortho intramolecular Hbond substituents is 1. The van der Waals surface area contributed by atoms with Gasteiger partial charge >= 0.3 is 11.6 Å². The molecular formula is C21H16Cl2O6. The second kappa shape index (κ2) is 7.61. The molecule has 6 nitrogen and oxygen atoms in total. The maximum absolute atomic E-state index is 12.8. The zero-order chi connectivity index (χ0) is 20.7. The number of halogens is 2. The number of fused-ring (bicyclic) bond motifs is 3. The average Bonchev–Trinajstić information content (AvgIpc) is 3.10. The summed E-state index contributed by atoms with van der Waals surface area (Å²) in [7, 11) is 0. The molecular weight excluding hydrogens is 419 g/mol. The number of rotatable bonds is 4. The van der Waals surface area contributed by atoms with Crippen molar-refractivity contribution in [3.8, 4) is 11.5 Å². The van der Waals surface area contributed by atoms with Crippen molar-refractivity contribution < 1.29 is 23.8 Å². The van der Waals surface area contributed by atoms with Crippen molar-refractivity contribution >= 4 is 40.1 Å². The Hall–Kier alpha value is -2.70. The maximum atomic E-state index is 12.8. The lowest BCUT2D eigenvalue weighted by molar-refractivity contribution is -0.151. The van der Waals surface area contributed by atoms with E-state index in [0.717, 1.165) is 0 Å². The first-order valence-electron chi connectivity index (χ1n) is 8.99. The summed E-state index contributed by atoms with van der Waals surface area (Å²) in [5, 5.41) is 11.3. The van der Waals surface area contributed by atoms with Crippen LogP contribution in [0.5, 0.6) is 11.5 Å². The van der Waals surface area contributed by atoms with Crippen LogP contribution in [0.4, 0.5) is 0 Å². The minimum atomic E-state index is -1.20. The van der Waals surface area contributed by atoms with E-state index in [9.17, 15) is 14.7 Å². The number of esters is 1. The van der Waals surface area contributed by atoms with Crippen molar-refractivity contribution in [1.29, 1.82) is 0 Å². The van der Waals surface area contributed by atoms with Crippen LogP contribution in [0.15, 0.2) is 45.6 Å². The van der Waals surface area contributed by atoms with Crippen molar-refractivity contribution in [2.24, 2.45) is 0 Å². The second-order valence-corrected chi connectivity index (χ2v) is 7.48. The molecule has 1 N–H and O–H groups in total. The van der Waals surface area contributed by atoms with Gasteiger partial charge in [0.2, 0.25) is 6.10 Å². The van der Waals surface area contributed by atoms with Crippen LogP contribution in [0.3, 0.4) is 0 Å². The highest BCUT2D eigenvalue weighted by Gasteiger charge is 2.46. The number of ether oxygens (including phenoxy) is 2. The molecule has 4 rings (SSSR count). The molecule has 0 spiro atoms. The third-order valence-electron chi connectivity index (χ3n) is 4.73. The van der Waals surface area contributed by atoms with Crippen molar-refractivity contribution in [1.82, 2.24) is 0 Å². The van der Waals surface area contributed by atoms with Gasteiger partial charge in [0.25, 0.3) is 0 Å². The van der Waals surface area contributed by atoms with Crippen molar-refractivity contribution in [2.45, 2.75) is 25.4 Å². The van der Waals surface area contributed by atoms with Crippen molar-refractivity contribution in [3.63, 3.8) is 0 Å². The summed E-state index contributed by atoms with van der Waals surface area (Å²) in [6.07, 6.45) is -0.583. The highest BCUT2D eigenvalue weighted by Crippen LogP contribution is 2.48. The lowest BCUT2D eigenvalue weighted by atomic mass is 9.88. The Labute approximate surface area is 175 Å². The summed E-state index contributed by atoms with van der Waals surface area (Å²) in [6, 6.07) is 9.65. The summed E-state index contributed by atoms with van der Waals surface area (Å²) in [5.41, 5.74) is -0.0611. The third-order valence-corrected chi connectivity index (χ3v) is 5.24. The Morgan fingerprint density at radius 1 is 1.24 bits per heavy atom. The molecule has 0 amide bonds. The van der Waals surface area contributed by atoms with Crippen LogP contribution in [0.1, 0.15) is 30.4 Å². The monoisotopic (exact) mass is 434 g/mol. The van der Waals surface area contributed by atoms with E-state index in [-0.39, 0.29) is 39.3 Å². The van der Waals surface area contributed by atoms with E-state index in [2.05, 4.69) is 0 Å². The van der Waals surface area contributed by atoms with Gasteiger partial charge in [-0.15, -0.1) is 0 Å². The van der Waals surface area contributed by atoms with Crippen LogP contribution >= 0.6 is 23.2 Å². The molecule has 0 unspecified atom stereocenters. The fraction of sp³-hybridized carbons (Fsp3) is 0.238. The Kier molecular flexibility index (Phi) is 5.15. The first-order chi connectivity index (χ1) is 13.9. The molecule has 0 fully saturated rings. The molecule has 1 aliphatic rings. The standard InChI is InChI=1S/C21H16Cl2O6/c1-2-7-27-21(26)19-15(12-8-10(22)9-13(23)17(12)24)16-18(29-19)11-5-3-4-6-14(11)28-20(16)25/h3-6,8-9,15,19,24H,2,7H2,1H3/t15-,19-/m1/s1. The van der Waals surface area contributed by atoms with Crippen LogP contribution in [0.2, 0.25) is 10.0 Å². The van der Waals surface area contributed by atoms with Gasteiger partial charge in [-0.05, 0) is 30.7 Å². The van der Waals surface area contributed by atoms with E-state index >= 15 is 0 Å². The molecule has 2 atom stereocenters. The lowest BCUT2D eigenvalue weighted by Crippen LogP contribution is -2.32. The van der Waals surface area contributed by atoms with Gasteiger partial charge in [0.1, 0.15) is 17.1 Å². The highest BCUT2D eigenvalue weighted by molar-refractivity contribution is 6.35. The molecule has 2 heterocycles. The fourth-order valence-corrected chi connectivity index (χ4v) is 4.00. The number of carbonyl (C=O) groups excluding carboxylic acids is 1. The first-order valence-corrected chi connectivity index (χ1v) is 9.75. The molecule has 29 heavy (non-hydrogen) atoms. The van der Waals surface area contributed by atoms with Gasteiger partial charge in [-0.1, -0.05) is 42.3 Å². The Balaban J connectivity index is 1.97. The van der Waals surface area contributed by atoms with E-state index in [1.54, 1.807) is 24.3 Å². The van der Waals surface area contributed by atoms with Crippen molar-refractivity contribution in [2.75, 3.05) is 6.61 Å². The van der Waals surface area contributed by atoms with Gasteiger partial charge in [0, 0.05) is 10.6 Å². The normalized spacial score (nSPS) is 17.8. The second-order valence-electron chi connectivity index (χ2n) is 6.64. The first kappa shape index (κ1) is 19.6. The summed E-state index contributed by atoms with van der Waals surface area (Å²) in [5.74, 6) is -1.73. The smallest absolute Gasteiger partial charge is 0.348 e. The maximum Gasteiger partial charge on any atom is 0.348 e. The molecule has 8 heteroatoms. The van der Waals surface area contributed by atoms with E-state index in [1.807, 2.05) is 6.92 Å². The Bertz CT molecular complexity index is 1170. The number of para-hydroxylation sites is 1. The summed E-state index contributed by atoms with van der Waals surface area (Å²) in [4.78, 5) is 25.6. The molecule has 150 valence electrons. The van der Waals surface area contributed by atoms with Crippen molar-refractivity contribution in [3.05, 3.63) is 68.0 Å². The van der Waals surface area contributed by atoms with Crippen LogP contribution in [-0.4, -0.2) is 23.8 Å². The molecule has 2 aromatic carbocycles. The summed E-state index contributed by atoms with van der Waals surface area (Å²) in [6.45, 7) is 2.05. The van der Waals surface area contributed by atoms with Gasteiger partial charge < -0.3 is 19.0 Å². The largest absolute Gasteiger partial charge is 0.506 e. The van der Waals surface area contributed by atoms with Crippen LogP contribution in [0.25, 0.3) is 11.0 Å². The topological polar surface area (TPSA) is 86.0 Å². The summed E-state index contributed by atoms with van der Waals surface area (Å²) >= 11 is 12.2. The molecule has 0 bridgehead atoms. The molecule has 0 saturated heterocycles. The van der Waals surface area contributed by atoms with Crippen LogP contribution in [-0.2, 0) is 9.53 Å². The van der Waals surface area contributed by atoms with Gasteiger partial charge in [-0.3, -0.25) is 0 Å². The number of aromatic hydroxyl groups is 1. The van der Waals surface area contributed by atoms with Crippen LogP contribution in [0, 0.1) is 0 Å². The minimum Gasteiger partial charge on any atom is -0.506 e. The van der Waals surface area contributed by atoms with Crippen LogP contribution < -0.4 is 10.4 Å². The molecule has 1 aromatic heterocycles. The zero-order valence-corrected chi connectivity index (χ0v) is 16.8. The highest BCUT2D eigenvalue weighted by atomic mass is 35.5. The molecule has 0 radical (unpaired) electrons. The number of carbonyl (C=O) groups is 1. The summed E-state index contributed by atoms with van der Waals surface area (Å²) < 4.78 is 16.6. The SMILES string of the molecule is CCCOC(=O)[C@@H]1Oc2c(c(=O)oc3ccccc23)[C@H]1c1cc(Cl)cc(Cl)c1O. The number of hydrogen-bond acceptors (Lipinski definition) is 6. The Morgan fingerprint density at radius 2 is 2.00 bits per heavy atom. The molecule has 0 aliphatic carbocycles. The zero-order valence-electron chi connectivity index (χ0n) is 15.3. The minimum absolute atomic E-state index is 0.00759. The van der Waals surface area contributed by atoms with E-state index in [4.69, 9.17) is 37.1 Å². The van der Waals surface area contributed by atoms with Gasteiger partial charge in [-0.25, -0.2) is 9.59 Å². The Morgan fingerprint density at radius 3 is 2.76 bits per heavy atom. The quantitative estimate of drug-likeness (QED) is 0.474. The van der Waals surface area contributed by atoms with E-state index < -0.39 is 23.6 Å². The fourth-order valence-electron chi connectivity index (χ4n) is 3.49. The predicted molar refractivity (Wildman–Crippen MR) is 108 cm³/mol. The van der Waals surface area contributed by atoms with E-state index in [0.29, 0.717) is 17.4 Å². The molecule has 0 saturated carbocycles. The third kappa shape index (κ3) is 3.32. The lowest BCUT2D eigenvalue weighted by Gasteiger charge is -2.19. The van der Waals surface area contributed by atoms with E-state index in [1.165, 1.54) is 12.1 Å². The number of benzene rings is 2. The number of hydrogen-bond donors (Lipinski definition) is 1. The molecule has 3 aromatic rings.